The fraction of sp³-hybridized carbons (Fsp3) is 0.316. The van der Waals surface area contributed by atoms with E-state index in [0.29, 0.717) is 19.5 Å². The van der Waals surface area contributed by atoms with Crippen molar-refractivity contribution in [1.29, 1.82) is 0 Å². The Morgan fingerprint density at radius 2 is 2.00 bits per heavy atom. The monoisotopic (exact) mass is 368 g/mol. The highest BCUT2D eigenvalue weighted by atomic mass is 32.1. The molecule has 0 spiro atoms. The van der Waals surface area contributed by atoms with Crippen LogP contribution in [-0.2, 0) is 17.8 Å². The van der Waals surface area contributed by atoms with E-state index in [1.165, 1.54) is 4.68 Å². The molecule has 0 bridgehead atoms. The first-order valence-electron chi connectivity index (χ1n) is 8.76. The highest BCUT2D eigenvalue weighted by molar-refractivity contribution is 7.13. The van der Waals surface area contributed by atoms with Gasteiger partial charge in [-0.3, -0.25) is 9.36 Å². The van der Waals surface area contributed by atoms with E-state index in [9.17, 15) is 9.59 Å². The maximum atomic E-state index is 12.7. The maximum Gasteiger partial charge on any atom is 0.346 e. The van der Waals surface area contributed by atoms with Crippen LogP contribution in [0, 0.1) is 0 Å². The number of thiophene rings is 1. The van der Waals surface area contributed by atoms with Gasteiger partial charge in [-0.25, -0.2) is 9.48 Å². The molecule has 0 aliphatic heterocycles. The van der Waals surface area contributed by atoms with E-state index in [1.54, 1.807) is 15.9 Å². The van der Waals surface area contributed by atoms with Gasteiger partial charge in [-0.05, 0) is 29.9 Å². The zero-order valence-electron chi connectivity index (χ0n) is 14.3. The number of hydrogen-bond donors (Lipinski definition) is 1. The summed E-state index contributed by atoms with van der Waals surface area (Å²) in [5.41, 5.74) is 0.883. The minimum Gasteiger partial charge on any atom is -0.354 e. The fourth-order valence-electron chi connectivity index (χ4n) is 2.95. The first-order chi connectivity index (χ1) is 12.7. The third-order valence-electron chi connectivity index (χ3n) is 4.38. The van der Waals surface area contributed by atoms with Crippen LogP contribution in [0.2, 0.25) is 0 Å². The number of nitrogens with zero attached hydrogens (tertiary/aromatic N) is 3. The van der Waals surface area contributed by atoms with Gasteiger partial charge in [0.05, 0.1) is 17.8 Å². The van der Waals surface area contributed by atoms with Gasteiger partial charge in [-0.15, -0.1) is 16.4 Å². The molecule has 1 N–H and O–H groups in total. The minimum atomic E-state index is -0.0896. The van der Waals surface area contributed by atoms with E-state index in [4.69, 9.17) is 0 Å². The number of hydrogen-bond acceptors (Lipinski definition) is 4. The summed E-state index contributed by atoms with van der Waals surface area (Å²) in [6, 6.07) is 13.8. The Kier molecular flexibility index (Phi) is 4.71. The summed E-state index contributed by atoms with van der Waals surface area (Å²) in [5, 5.41) is 9.38. The molecule has 1 amide bonds. The Labute approximate surface area is 155 Å². The van der Waals surface area contributed by atoms with Crippen LogP contribution in [0.1, 0.15) is 24.4 Å². The van der Waals surface area contributed by atoms with E-state index in [-0.39, 0.29) is 17.6 Å². The van der Waals surface area contributed by atoms with Gasteiger partial charge in [0, 0.05) is 12.6 Å². The summed E-state index contributed by atoms with van der Waals surface area (Å²) in [5.74, 6) is 0.687. The normalized spacial score (nSPS) is 13.7. The molecule has 2 aromatic heterocycles. The van der Waals surface area contributed by atoms with Crippen molar-refractivity contribution in [3.8, 4) is 10.7 Å². The minimum absolute atomic E-state index is 0.0515. The maximum absolute atomic E-state index is 12.7. The van der Waals surface area contributed by atoms with Crippen molar-refractivity contribution >= 4 is 17.2 Å². The summed E-state index contributed by atoms with van der Waals surface area (Å²) in [6.07, 6.45) is 2.39. The predicted molar refractivity (Wildman–Crippen MR) is 101 cm³/mol. The Hall–Kier alpha value is -2.67. The van der Waals surface area contributed by atoms with Crippen molar-refractivity contribution in [2.24, 2.45) is 0 Å². The molecule has 0 saturated heterocycles. The van der Waals surface area contributed by atoms with E-state index in [0.717, 1.165) is 29.1 Å². The van der Waals surface area contributed by atoms with Gasteiger partial charge in [-0.1, -0.05) is 36.4 Å². The largest absolute Gasteiger partial charge is 0.354 e. The lowest BCUT2D eigenvalue weighted by Gasteiger charge is -2.05. The molecule has 4 rings (SSSR count). The molecule has 7 heteroatoms. The quantitative estimate of drug-likeness (QED) is 0.696. The Morgan fingerprint density at radius 3 is 2.69 bits per heavy atom. The van der Waals surface area contributed by atoms with Crippen LogP contribution in [0.4, 0.5) is 0 Å². The number of benzene rings is 1. The molecule has 1 aliphatic rings. The zero-order chi connectivity index (χ0) is 17.9. The average Bonchev–Trinajstić information content (AvgIpc) is 3.22. The summed E-state index contributed by atoms with van der Waals surface area (Å²) in [4.78, 5) is 25.7. The number of carbonyl (C=O) groups excluding carboxylic acids is 1. The zero-order valence-corrected chi connectivity index (χ0v) is 15.1. The van der Waals surface area contributed by atoms with Crippen molar-refractivity contribution in [3.63, 3.8) is 0 Å². The highest BCUT2D eigenvalue weighted by Gasteiger charge is 2.30. The number of rotatable bonds is 7. The molecule has 6 nitrogen and oxygen atoms in total. The fourth-order valence-corrected chi connectivity index (χ4v) is 3.65. The van der Waals surface area contributed by atoms with Crippen molar-refractivity contribution in [3.05, 3.63) is 63.9 Å². The molecule has 1 aliphatic carbocycles. The third-order valence-corrected chi connectivity index (χ3v) is 5.24. The number of nitrogens with one attached hydrogen (secondary N) is 1. The number of carbonyl (C=O) groups is 1. The SMILES string of the molecule is O=C(Cc1ccccc1)NCCn1nc(-c2cccs2)n(C2CC2)c1=O. The van der Waals surface area contributed by atoms with Gasteiger partial charge in [0.1, 0.15) is 0 Å². The Morgan fingerprint density at radius 1 is 1.19 bits per heavy atom. The van der Waals surface area contributed by atoms with Crippen LogP contribution in [0.25, 0.3) is 10.7 Å². The van der Waals surface area contributed by atoms with Gasteiger partial charge in [0.2, 0.25) is 5.91 Å². The molecule has 0 unspecified atom stereocenters. The Bertz CT molecular complexity index is 940. The summed E-state index contributed by atoms with van der Waals surface area (Å²) in [6.45, 7) is 0.759. The molecule has 134 valence electrons. The van der Waals surface area contributed by atoms with Crippen LogP contribution >= 0.6 is 11.3 Å². The molecular formula is C19H20N4O2S. The second kappa shape index (κ2) is 7.29. The molecule has 2 heterocycles. The highest BCUT2D eigenvalue weighted by Crippen LogP contribution is 2.37. The van der Waals surface area contributed by atoms with E-state index >= 15 is 0 Å². The molecule has 0 atom stereocenters. The molecule has 1 saturated carbocycles. The standard InChI is InChI=1S/C19H20N4O2S/c24-17(13-14-5-2-1-3-6-14)20-10-11-22-19(25)23(15-8-9-15)18(21-22)16-7-4-12-26-16/h1-7,12,15H,8-11,13H2,(H,20,24). The lowest BCUT2D eigenvalue weighted by atomic mass is 10.1. The molecular weight excluding hydrogens is 348 g/mol. The molecule has 0 radical (unpaired) electrons. The van der Waals surface area contributed by atoms with Crippen molar-refractivity contribution in [1.82, 2.24) is 19.7 Å². The second-order valence-corrected chi connectivity index (χ2v) is 7.37. The first-order valence-corrected chi connectivity index (χ1v) is 9.64. The summed E-state index contributed by atoms with van der Waals surface area (Å²) in [7, 11) is 0. The van der Waals surface area contributed by atoms with Gasteiger partial charge in [0.25, 0.3) is 0 Å². The Balaban J connectivity index is 1.41. The lowest BCUT2D eigenvalue weighted by molar-refractivity contribution is -0.120. The topological polar surface area (TPSA) is 68.9 Å². The van der Waals surface area contributed by atoms with Crippen LogP contribution in [0.5, 0.6) is 0 Å². The van der Waals surface area contributed by atoms with E-state index < -0.39 is 0 Å². The first kappa shape index (κ1) is 16.8. The average molecular weight is 368 g/mol. The van der Waals surface area contributed by atoms with Crippen molar-refractivity contribution in [2.75, 3.05) is 6.54 Å². The molecule has 1 aromatic carbocycles. The van der Waals surface area contributed by atoms with Gasteiger partial charge in [-0.2, -0.15) is 0 Å². The van der Waals surface area contributed by atoms with Crippen LogP contribution in [0.3, 0.4) is 0 Å². The molecule has 1 fully saturated rings. The second-order valence-electron chi connectivity index (χ2n) is 6.42. The van der Waals surface area contributed by atoms with Gasteiger partial charge < -0.3 is 5.32 Å². The van der Waals surface area contributed by atoms with Crippen LogP contribution in [0.15, 0.2) is 52.6 Å². The lowest BCUT2D eigenvalue weighted by Crippen LogP contribution is -2.32. The number of aromatic nitrogens is 3. The van der Waals surface area contributed by atoms with Crippen LogP contribution in [-0.4, -0.2) is 26.8 Å². The smallest absolute Gasteiger partial charge is 0.346 e. The molecule has 3 aromatic rings. The predicted octanol–water partition coefficient (Wildman–Crippen LogP) is 2.47. The third kappa shape index (κ3) is 3.62. The summed E-state index contributed by atoms with van der Waals surface area (Å²) < 4.78 is 3.27. The van der Waals surface area contributed by atoms with Crippen molar-refractivity contribution in [2.45, 2.75) is 31.8 Å². The van der Waals surface area contributed by atoms with E-state index in [2.05, 4.69) is 10.4 Å². The van der Waals surface area contributed by atoms with E-state index in [1.807, 2.05) is 47.8 Å². The van der Waals surface area contributed by atoms with Crippen molar-refractivity contribution < 1.29 is 4.79 Å². The molecule has 26 heavy (non-hydrogen) atoms. The van der Waals surface area contributed by atoms with Gasteiger partial charge >= 0.3 is 5.69 Å². The van der Waals surface area contributed by atoms with Gasteiger partial charge in [0.15, 0.2) is 5.82 Å². The van der Waals surface area contributed by atoms with Crippen LogP contribution < -0.4 is 11.0 Å². The summed E-state index contributed by atoms with van der Waals surface area (Å²) >= 11 is 1.58. The number of amides is 1.